The Kier molecular flexibility index (Phi) is 8.24. The van der Waals surface area contributed by atoms with Crippen LogP contribution in [0, 0.1) is 20.8 Å². The molecule has 2 aliphatic heterocycles. The van der Waals surface area contributed by atoms with Crippen LogP contribution in [0.3, 0.4) is 0 Å². The molecule has 0 aromatic heterocycles. The molecule has 37 heavy (non-hydrogen) atoms. The second-order valence-electron chi connectivity index (χ2n) is 7.99. The molecule has 2 aliphatic rings. The van der Waals surface area contributed by atoms with Crippen molar-refractivity contribution in [1.82, 2.24) is 14.3 Å². The molecule has 2 heterocycles. The van der Waals surface area contributed by atoms with Crippen molar-refractivity contribution in [1.29, 1.82) is 0 Å². The Morgan fingerprint density at radius 3 is 2.32 bits per heavy atom. The molecule has 1 aromatic carbocycles. The molecule has 202 valence electrons. The second-order valence-corrected chi connectivity index (χ2v) is 12.3. The van der Waals surface area contributed by atoms with Crippen LogP contribution in [0.5, 0.6) is 0 Å². The van der Waals surface area contributed by atoms with Gasteiger partial charge in [-0.05, 0) is 45.1 Å². The van der Waals surface area contributed by atoms with E-state index in [1.165, 1.54) is 12.1 Å². The summed E-state index contributed by atoms with van der Waals surface area (Å²) in [5.41, 5.74) is 0.556. The highest BCUT2D eigenvalue weighted by Crippen LogP contribution is 2.41. The number of nitrogens with zero attached hydrogens (tertiary/aromatic N) is 2. The summed E-state index contributed by atoms with van der Waals surface area (Å²) in [7, 11) is -4.25. The smallest absolute Gasteiger partial charge is 0.290 e. The van der Waals surface area contributed by atoms with E-state index in [1.807, 2.05) is 4.72 Å². The molecule has 0 spiro atoms. The Labute approximate surface area is 216 Å². The summed E-state index contributed by atoms with van der Waals surface area (Å²) in [6, 6.07) is 4.48. The molecule has 0 fully saturated rings. The summed E-state index contributed by atoms with van der Waals surface area (Å²) in [6.07, 6.45) is -7.55. The fraction of sp³-hybridized carbons (Fsp3) is 0.381. The Morgan fingerprint density at radius 1 is 1.11 bits per heavy atom. The zero-order chi connectivity index (χ0) is 27.8. The highest BCUT2D eigenvalue weighted by atomic mass is 32.2. The fourth-order valence-electron chi connectivity index (χ4n) is 3.14. The monoisotopic (exact) mass is 584 g/mol. The minimum absolute atomic E-state index is 0.0774. The Bertz CT molecular complexity index is 1430. The van der Waals surface area contributed by atoms with E-state index < -0.39 is 46.7 Å². The first-order valence-electron chi connectivity index (χ1n) is 10.5. The minimum atomic E-state index is -5.65. The van der Waals surface area contributed by atoms with Crippen LogP contribution in [0.15, 0.2) is 38.2 Å². The van der Waals surface area contributed by atoms with Gasteiger partial charge in [-0.3, -0.25) is 9.88 Å². The number of nitrogens with one attached hydrogen (secondary N) is 2. The third kappa shape index (κ3) is 6.41. The lowest BCUT2D eigenvalue weighted by Crippen LogP contribution is -2.36. The summed E-state index contributed by atoms with van der Waals surface area (Å²) in [6.45, 7) is 5.03. The number of amides is 2. The van der Waals surface area contributed by atoms with Crippen molar-refractivity contribution in [2.75, 3.05) is 11.1 Å². The van der Waals surface area contributed by atoms with Crippen LogP contribution in [-0.2, 0) is 10.0 Å². The number of imidazole rings is 1. The first-order chi connectivity index (χ1) is 17.0. The van der Waals surface area contributed by atoms with Gasteiger partial charge in [0.1, 0.15) is 5.69 Å². The number of sulfonamides is 1. The number of benzene rings is 1. The molecular weight excluding hydrogens is 563 g/mol. The van der Waals surface area contributed by atoms with Gasteiger partial charge in [-0.1, -0.05) is 17.7 Å². The molecule has 0 aliphatic carbocycles. The number of aryl methyl sites for hydroxylation is 2. The molecule has 0 saturated carbocycles. The first-order valence-corrected chi connectivity index (χ1v) is 13.8. The molecule has 3 rings (SSSR count). The fourth-order valence-corrected chi connectivity index (χ4v) is 6.50. The van der Waals surface area contributed by atoms with Crippen molar-refractivity contribution in [3.05, 3.63) is 50.9 Å². The summed E-state index contributed by atoms with van der Waals surface area (Å²) < 4.78 is 92.0. The van der Waals surface area contributed by atoms with E-state index in [-0.39, 0.29) is 22.2 Å². The zero-order valence-corrected chi connectivity index (χ0v) is 22.0. The van der Waals surface area contributed by atoms with E-state index >= 15 is 0 Å². The molecule has 1 aromatic rings. The number of hydrogen-bond acceptors (Lipinski definition) is 7. The summed E-state index contributed by atoms with van der Waals surface area (Å²) in [5, 5.41) is 2.23. The van der Waals surface area contributed by atoms with Crippen LogP contribution in [0.2, 0.25) is 0 Å². The SMILES string of the molecule is Cc1ccc(S(=O)(=O)NC(=O)Nc2nc(=O)n3c(C)c(C)sc(SCCCC(F)(F)C(F)(F)F)c2-3)cc1. The van der Waals surface area contributed by atoms with Crippen molar-refractivity contribution < 1.29 is 35.2 Å². The molecule has 0 unspecified atom stereocenters. The van der Waals surface area contributed by atoms with Crippen LogP contribution in [-0.4, -0.2) is 41.9 Å². The van der Waals surface area contributed by atoms with Gasteiger partial charge < -0.3 is 0 Å². The van der Waals surface area contributed by atoms with E-state index in [0.29, 0.717) is 14.8 Å². The molecule has 0 radical (unpaired) electrons. The van der Waals surface area contributed by atoms with E-state index in [0.717, 1.165) is 33.2 Å². The standard InChI is InChI=1S/C21H21F5N4O4S3/c1-11-5-7-14(8-6-11)37(33,34)29-18(31)27-16-15-17(35-10-4-9-20(22,23)21(24,25)26)36-13(3)12(2)30(15)19(32)28-16/h5-8H,4,9-10H2,1-3H3,(H2,27,28,29,31,32). The van der Waals surface area contributed by atoms with Crippen LogP contribution in [0.25, 0.3) is 5.69 Å². The van der Waals surface area contributed by atoms with Gasteiger partial charge in [0.15, 0.2) is 5.82 Å². The highest BCUT2D eigenvalue weighted by molar-refractivity contribution is 8.01. The lowest BCUT2D eigenvalue weighted by Gasteiger charge is -2.19. The lowest BCUT2D eigenvalue weighted by molar-refractivity contribution is -0.284. The van der Waals surface area contributed by atoms with Crippen LogP contribution in [0.1, 0.15) is 29.0 Å². The molecule has 8 nitrogen and oxygen atoms in total. The number of halogens is 5. The van der Waals surface area contributed by atoms with Gasteiger partial charge in [-0.25, -0.2) is 22.7 Å². The quantitative estimate of drug-likeness (QED) is 0.213. The molecule has 2 amide bonds. The lowest BCUT2D eigenvalue weighted by atomic mass is 10.2. The average molecular weight is 585 g/mol. The van der Waals surface area contributed by atoms with E-state index in [4.69, 9.17) is 0 Å². The number of rotatable bonds is 8. The van der Waals surface area contributed by atoms with Gasteiger partial charge in [0.05, 0.1) is 9.10 Å². The van der Waals surface area contributed by atoms with Gasteiger partial charge in [0.25, 0.3) is 10.0 Å². The Balaban J connectivity index is 1.83. The van der Waals surface area contributed by atoms with Gasteiger partial charge in [0, 0.05) is 17.0 Å². The molecule has 0 saturated heterocycles. The highest BCUT2D eigenvalue weighted by Gasteiger charge is 2.56. The number of urea groups is 1. The number of carbonyl (C=O) groups is 1. The van der Waals surface area contributed by atoms with Gasteiger partial charge >= 0.3 is 23.8 Å². The number of aromatic nitrogens is 2. The predicted molar refractivity (Wildman–Crippen MR) is 130 cm³/mol. The number of fused-ring (bicyclic) bond motifs is 1. The minimum Gasteiger partial charge on any atom is -0.290 e. The second kappa shape index (κ2) is 10.6. The van der Waals surface area contributed by atoms with Gasteiger partial charge in [0.2, 0.25) is 0 Å². The largest absolute Gasteiger partial charge is 0.453 e. The number of hydrogen-bond donors (Lipinski definition) is 2. The maximum Gasteiger partial charge on any atom is 0.453 e. The average Bonchev–Trinajstić information content (AvgIpc) is 3.09. The van der Waals surface area contributed by atoms with Crippen LogP contribution in [0.4, 0.5) is 32.6 Å². The normalized spacial score (nSPS) is 12.6. The number of anilines is 1. The number of thioether (sulfide) groups is 1. The van der Waals surface area contributed by atoms with E-state index in [2.05, 4.69) is 10.3 Å². The maximum absolute atomic E-state index is 13.2. The molecule has 0 atom stereocenters. The number of alkyl halides is 5. The van der Waals surface area contributed by atoms with Crippen molar-refractivity contribution in [3.63, 3.8) is 0 Å². The van der Waals surface area contributed by atoms with Crippen molar-refractivity contribution in [2.45, 2.75) is 54.8 Å². The summed E-state index contributed by atoms with van der Waals surface area (Å²) in [4.78, 5) is 29.3. The van der Waals surface area contributed by atoms with Gasteiger partial charge in [-0.15, -0.1) is 23.1 Å². The van der Waals surface area contributed by atoms with E-state index in [9.17, 15) is 40.0 Å². The number of carbonyl (C=O) groups excluding carboxylic acids is 1. The predicted octanol–water partition coefficient (Wildman–Crippen LogP) is 5.24. The van der Waals surface area contributed by atoms with Crippen molar-refractivity contribution in [3.8, 4) is 5.69 Å². The molecule has 2 N–H and O–H groups in total. The topological polar surface area (TPSA) is 110 Å². The van der Waals surface area contributed by atoms with E-state index in [1.54, 1.807) is 32.9 Å². The molecular formula is C21H21F5N4O4S3. The van der Waals surface area contributed by atoms with Gasteiger partial charge in [-0.2, -0.15) is 26.9 Å². The Morgan fingerprint density at radius 2 is 1.73 bits per heavy atom. The van der Waals surface area contributed by atoms with Crippen molar-refractivity contribution >= 4 is 45.0 Å². The first kappa shape index (κ1) is 28.8. The third-order valence-electron chi connectivity index (χ3n) is 5.20. The summed E-state index contributed by atoms with van der Waals surface area (Å²) in [5.74, 6) is -5.26. The third-order valence-corrected chi connectivity index (χ3v) is 9.08. The van der Waals surface area contributed by atoms with Crippen LogP contribution >= 0.6 is 23.1 Å². The molecule has 16 heteroatoms. The molecule has 0 bridgehead atoms. The Hall–Kier alpha value is -2.72. The van der Waals surface area contributed by atoms with Crippen LogP contribution < -0.4 is 15.7 Å². The zero-order valence-electron chi connectivity index (χ0n) is 19.6. The maximum atomic E-state index is 13.2. The summed E-state index contributed by atoms with van der Waals surface area (Å²) >= 11 is 2.04. The van der Waals surface area contributed by atoms with Crippen molar-refractivity contribution in [2.24, 2.45) is 0 Å².